The van der Waals surface area contributed by atoms with E-state index in [1.54, 1.807) is 13.0 Å². The van der Waals surface area contributed by atoms with Gasteiger partial charge < -0.3 is 9.15 Å². The molecule has 28 heavy (non-hydrogen) atoms. The van der Waals surface area contributed by atoms with E-state index in [0.29, 0.717) is 17.2 Å². The van der Waals surface area contributed by atoms with Crippen molar-refractivity contribution in [2.45, 2.75) is 16.7 Å². The van der Waals surface area contributed by atoms with Crippen LogP contribution in [-0.4, -0.2) is 28.9 Å². The van der Waals surface area contributed by atoms with Crippen LogP contribution in [0.15, 0.2) is 62.9 Å². The van der Waals surface area contributed by atoms with Gasteiger partial charge in [0.15, 0.2) is 11.7 Å². The van der Waals surface area contributed by atoms with E-state index in [9.17, 15) is 16.8 Å². The average Bonchev–Trinajstić information content (AvgIpc) is 3.07. The number of aryl methyl sites for hydroxylation is 1. The van der Waals surface area contributed by atoms with Crippen LogP contribution in [0, 0.1) is 6.92 Å². The first-order valence-electron chi connectivity index (χ1n) is 7.87. The van der Waals surface area contributed by atoms with Gasteiger partial charge in [-0.2, -0.15) is 0 Å². The Kier molecular flexibility index (Phi) is 5.15. The Bertz CT molecular complexity index is 1220. The smallest absolute Gasteiger partial charge is 0.265 e. The molecular weight excluding hydrogens is 406 g/mol. The lowest BCUT2D eigenvalue weighted by Gasteiger charge is -2.13. The van der Waals surface area contributed by atoms with Crippen LogP contribution in [0.1, 0.15) is 5.89 Å². The summed E-state index contributed by atoms with van der Waals surface area (Å²) < 4.78 is 61.4. The average molecular weight is 423 g/mol. The Morgan fingerprint density at radius 3 is 2.29 bits per heavy atom. The molecule has 0 bridgehead atoms. The molecule has 1 heterocycles. The Labute approximate surface area is 162 Å². The largest absolute Gasteiger partial charge is 0.495 e. The predicted octanol–water partition coefficient (Wildman–Crippen LogP) is 2.11. The summed E-state index contributed by atoms with van der Waals surface area (Å²) >= 11 is 0. The van der Waals surface area contributed by atoms with Crippen molar-refractivity contribution in [2.75, 3.05) is 11.8 Å². The van der Waals surface area contributed by atoms with Gasteiger partial charge in [0.2, 0.25) is 10.0 Å². The maximum Gasteiger partial charge on any atom is 0.265 e. The number of nitrogens with two attached hydrogens (primary N) is 1. The number of methoxy groups -OCH3 is 1. The molecule has 0 saturated carbocycles. The van der Waals surface area contributed by atoms with Gasteiger partial charge >= 0.3 is 0 Å². The highest BCUT2D eigenvalue weighted by atomic mass is 32.2. The van der Waals surface area contributed by atoms with E-state index in [1.807, 2.05) is 0 Å². The highest BCUT2D eigenvalue weighted by Gasteiger charge is 2.22. The molecule has 1 aromatic heterocycles. The number of benzene rings is 2. The van der Waals surface area contributed by atoms with E-state index in [-0.39, 0.29) is 21.2 Å². The van der Waals surface area contributed by atoms with E-state index in [1.165, 1.54) is 49.7 Å². The quantitative estimate of drug-likeness (QED) is 0.618. The number of rotatable bonds is 6. The first kappa shape index (κ1) is 19.9. The van der Waals surface area contributed by atoms with Gasteiger partial charge in [-0.3, -0.25) is 4.72 Å². The molecule has 9 nitrogen and oxygen atoms in total. The molecule has 3 aromatic rings. The van der Waals surface area contributed by atoms with Gasteiger partial charge in [-0.15, -0.1) is 0 Å². The first-order valence-corrected chi connectivity index (χ1v) is 10.9. The monoisotopic (exact) mass is 423 g/mol. The van der Waals surface area contributed by atoms with E-state index in [4.69, 9.17) is 14.3 Å². The maximum atomic E-state index is 12.9. The molecular formula is C17H17N3O6S2. The Balaban J connectivity index is 1.98. The standard InChI is InChI=1S/C17H17N3O6S2/c1-11-19-10-16(26-11)12-3-8-15(25-2)17(9-12)28(23,24)20-13-4-6-14(7-5-13)27(18,21)22/h3-10,20H,1-2H3,(H2,18,21,22). The lowest BCUT2D eigenvalue weighted by Crippen LogP contribution is -2.15. The van der Waals surface area contributed by atoms with Crippen molar-refractivity contribution in [3.8, 4) is 17.1 Å². The third-order valence-corrected chi connectivity index (χ3v) is 6.13. The number of nitrogens with one attached hydrogen (secondary N) is 1. The summed E-state index contributed by atoms with van der Waals surface area (Å²) in [5.74, 6) is 0.992. The van der Waals surface area contributed by atoms with Gasteiger partial charge in [0, 0.05) is 18.2 Å². The minimum Gasteiger partial charge on any atom is -0.495 e. The molecule has 0 radical (unpaired) electrons. The number of oxazole rings is 1. The van der Waals surface area contributed by atoms with E-state index in [0.717, 1.165) is 0 Å². The lowest BCUT2D eigenvalue weighted by atomic mass is 10.2. The van der Waals surface area contributed by atoms with E-state index in [2.05, 4.69) is 9.71 Å². The summed E-state index contributed by atoms with van der Waals surface area (Å²) in [5, 5.41) is 5.04. The van der Waals surface area contributed by atoms with Crippen molar-refractivity contribution in [3.63, 3.8) is 0 Å². The second-order valence-corrected chi connectivity index (χ2v) is 9.00. The minimum atomic E-state index is -4.05. The molecule has 148 valence electrons. The van der Waals surface area contributed by atoms with E-state index < -0.39 is 20.0 Å². The predicted molar refractivity (Wildman–Crippen MR) is 102 cm³/mol. The molecule has 0 aliphatic rings. The number of hydrogen-bond donors (Lipinski definition) is 2. The van der Waals surface area contributed by atoms with Gasteiger partial charge in [0.1, 0.15) is 10.6 Å². The SMILES string of the molecule is COc1ccc(-c2cnc(C)o2)cc1S(=O)(=O)Nc1ccc(S(N)(=O)=O)cc1. The second-order valence-electron chi connectivity index (χ2n) is 5.78. The van der Waals surface area contributed by atoms with Crippen molar-refractivity contribution in [1.82, 2.24) is 4.98 Å². The summed E-state index contributed by atoms with van der Waals surface area (Å²) in [5.41, 5.74) is 0.668. The molecule has 11 heteroatoms. The second kappa shape index (κ2) is 7.26. The molecule has 3 rings (SSSR count). The number of aromatic nitrogens is 1. The van der Waals surface area contributed by atoms with Crippen LogP contribution in [-0.2, 0) is 20.0 Å². The van der Waals surface area contributed by atoms with Crippen LogP contribution in [0.5, 0.6) is 5.75 Å². The number of anilines is 1. The van der Waals surface area contributed by atoms with Gasteiger partial charge in [-0.05, 0) is 42.5 Å². The number of nitrogens with zero attached hydrogens (tertiary/aromatic N) is 1. The summed E-state index contributed by atoms with van der Waals surface area (Å²) in [6.07, 6.45) is 1.49. The Morgan fingerprint density at radius 2 is 1.75 bits per heavy atom. The molecule has 3 N–H and O–H groups in total. The minimum absolute atomic E-state index is 0.114. The summed E-state index contributed by atoms with van der Waals surface area (Å²) in [6, 6.07) is 9.57. The zero-order valence-electron chi connectivity index (χ0n) is 14.9. The fourth-order valence-electron chi connectivity index (χ4n) is 2.46. The van der Waals surface area contributed by atoms with Gasteiger partial charge in [-0.25, -0.2) is 27.0 Å². The highest BCUT2D eigenvalue weighted by Crippen LogP contribution is 2.31. The van der Waals surface area contributed by atoms with Gasteiger partial charge in [0.25, 0.3) is 10.0 Å². The summed E-state index contributed by atoms with van der Waals surface area (Å²) in [4.78, 5) is 3.76. The fourth-order valence-corrected chi connectivity index (χ4v) is 4.23. The van der Waals surface area contributed by atoms with Crippen molar-refractivity contribution >= 4 is 25.7 Å². The molecule has 0 aliphatic heterocycles. The van der Waals surface area contributed by atoms with Crippen molar-refractivity contribution in [1.29, 1.82) is 0 Å². The normalized spacial score (nSPS) is 12.0. The zero-order chi connectivity index (χ0) is 20.5. The molecule has 0 amide bonds. The molecule has 0 aliphatic carbocycles. The van der Waals surface area contributed by atoms with Crippen molar-refractivity contribution in [3.05, 3.63) is 54.6 Å². The Morgan fingerprint density at radius 1 is 1.07 bits per heavy atom. The molecule has 0 atom stereocenters. The van der Waals surface area contributed by atoms with Crippen molar-refractivity contribution in [2.24, 2.45) is 5.14 Å². The summed E-state index contributed by atoms with van der Waals surface area (Å²) in [7, 11) is -6.57. The van der Waals surface area contributed by atoms with Gasteiger partial charge in [-0.1, -0.05) is 0 Å². The van der Waals surface area contributed by atoms with Crippen LogP contribution >= 0.6 is 0 Å². The van der Waals surface area contributed by atoms with Crippen LogP contribution in [0.2, 0.25) is 0 Å². The third-order valence-electron chi connectivity index (χ3n) is 3.79. The lowest BCUT2D eigenvalue weighted by molar-refractivity contribution is 0.403. The zero-order valence-corrected chi connectivity index (χ0v) is 16.5. The molecule has 0 spiro atoms. The van der Waals surface area contributed by atoms with Gasteiger partial charge in [0.05, 0.1) is 18.2 Å². The molecule has 0 fully saturated rings. The van der Waals surface area contributed by atoms with Crippen LogP contribution in [0.3, 0.4) is 0 Å². The highest BCUT2D eigenvalue weighted by molar-refractivity contribution is 7.92. The number of ether oxygens (including phenoxy) is 1. The molecule has 0 saturated heterocycles. The fraction of sp³-hybridized carbons (Fsp3) is 0.118. The maximum absolute atomic E-state index is 12.9. The Hall–Kier alpha value is -2.89. The first-order chi connectivity index (χ1) is 13.1. The van der Waals surface area contributed by atoms with Crippen LogP contribution < -0.4 is 14.6 Å². The number of hydrogen-bond acceptors (Lipinski definition) is 7. The molecule has 2 aromatic carbocycles. The number of sulfonamides is 2. The van der Waals surface area contributed by atoms with Crippen LogP contribution in [0.4, 0.5) is 5.69 Å². The van der Waals surface area contributed by atoms with Crippen LogP contribution in [0.25, 0.3) is 11.3 Å². The topological polar surface area (TPSA) is 142 Å². The molecule has 0 unspecified atom stereocenters. The number of primary sulfonamides is 1. The van der Waals surface area contributed by atoms with E-state index >= 15 is 0 Å². The van der Waals surface area contributed by atoms with Crippen molar-refractivity contribution < 1.29 is 26.0 Å². The third kappa shape index (κ3) is 4.16. The summed E-state index contributed by atoms with van der Waals surface area (Å²) in [6.45, 7) is 1.68.